The molecule has 2 heterocycles. The van der Waals surface area contributed by atoms with Crippen molar-refractivity contribution in [2.75, 3.05) is 50.7 Å². The van der Waals surface area contributed by atoms with Crippen molar-refractivity contribution in [3.63, 3.8) is 0 Å². The Hall–Kier alpha value is -2.48. The maximum absolute atomic E-state index is 14.3. The minimum atomic E-state index is -0.456. The van der Waals surface area contributed by atoms with Crippen molar-refractivity contribution in [3.05, 3.63) is 29.6 Å². The average Bonchev–Trinajstić information content (AvgIpc) is 3.08. The van der Waals surface area contributed by atoms with Crippen LogP contribution in [0.5, 0.6) is 0 Å². The number of amides is 3. The van der Waals surface area contributed by atoms with E-state index >= 15 is 0 Å². The number of rotatable bonds is 6. The molecule has 0 radical (unpaired) electrons. The summed E-state index contributed by atoms with van der Waals surface area (Å²) in [7, 11) is 0. The van der Waals surface area contributed by atoms with Crippen LogP contribution in [0.1, 0.15) is 25.3 Å². The Morgan fingerprint density at radius 1 is 1.21 bits per heavy atom. The molecule has 1 N–H and O–H groups in total. The van der Waals surface area contributed by atoms with Gasteiger partial charge >= 0.3 is 0 Å². The molecule has 2 aliphatic rings. The lowest BCUT2D eigenvalue weighted by Crippen LogP contribution is -2.52. The summed E-state index contributed by atoms with van der Waals surface area (Å²) in [5, 5.41) is 2.86. The van der Waals surface area contributed by atoms with Gasteiger partial charge < -0.3 is 15.1 Å². The Labute approximate surface area is 170 Å². The first-order valence-electron chi connectivity index (χ1n) is 10.2. The second-order valence-electron chi connectivity index (χ2n) is 7.81. The molecule has 1 aromatic carbocycles. The monoisotopic (exact) mass is 404 g/mol. The van der Waals surface area contributed by atoms with Crippen molar-refractivity contribution >= 4 is 23.4 Å². The van der Waals surface area contributed by atoms with E-state index in [0.717, 1.165) is 12.0 Å². The van der Waals surface area contributed by atoms with E-state index in [1.807, 2.05) is 11.8 Å². The Balaban J connectivity index is 1.53. The quantitative estimate of drug-likeness (QED) is 0.772. The highest BCUT2D eigenvalue weighted by Gasteiger charge is 2.38. The number of benzene rings is 1. The van der Waals surface area contributed by atoms with Crippen molar-refractivity contribution in [1.29, 1.82) is 0 Å². The Morgan fingerprint density at radius 2 is 1.93 bits per heavy atom. The largest absolute Gasteiger partial charge is 0.355 e. The van der Waals surface area contributed by atoms with Crippen molar-refractivity contribution in [1.82, 2.24) is 15.1 Å². The summed E-state index contributed by atoms with van der Waals surface area (Å²) in [5.74, 6) is -1.19. The second-order valence-corrected chi connectivity index (χ2v) is 7.81. The highest BCUT2D eigenvalue weighted by atomic mass is 19.1. The third kappa shape index (κ3) is 5.12. The number of aryl methyl sites for hydroxylation is 1. The highest BCUT2D eigenvalue weighted by molar-refractivity contribution is 6.00. The van der Waals surface area contributed by atoms with Crippen LogP contribution in [0.3, 0.4) is 0 Å². The molecule has 1 aromatic rings. The number of hydrogen-bond donors (Lipinski definition) is 1. The Morgan fingerprint density at radius 3 is 2.59 bits per heavy atom. The molecule has 0 spiro atoms. The molecule has 0 aliphatic carbocycles. The van der Waals surface area contributed by atoms with Gasteiger partial charge in [-0.1, -0.05) is 13.0 Å². The van der Waals surface area contributed by atoms with Gasteiger partial charge in [-0.3, -0.25) is 19.3 Å². The molecule has 0 aromatic heterocycles. The van der Waals surface area contributed by atoms with Gasteiger partial charge in [-0.25, -0.2) is 4.39 Å². The predicted octanol–water partition coefficient (Wildman–Crippen LogP) is 1.16. The normalized spacial score (nSPS) is 20.2. The fraction of sp³-hybridized carbons (Fsp3) is 0.571. The Bertz CT molecular complexity index is 777. The van der Waals surface area contributed by atoms with Gasteiger partial charge in [0.05, 0.1) is 18.2 Å². The summed E-state index contributed by atoms with van der Waals surface area (Å²) >= 11 is 0. The SMILES string of the molecule is CCCNC(=O)CN1CCN(C(=O)C2CC(=O)N(c3ccc(C)cc3F)C2)CC1. The van der Waals surface area contributed by atoms with E-state index in [2.05, 4.69) is 5.32 Å². The third-order valence-corrected chi connectivity index (χ3v) is 5.49. The number of anilines is 1. The smallest absolute Gasteiger partial charge is 0.234 e. The van der Waals surface area contributed by atoms with Crippen LogP contribution in [0.4, 0.5) is 10.1 Å². The lowest BCUT2D eigenvalue weighted by molar-refractivity contribution is -0.137. The maximum Gasteiger partial charge on any atom is 0.234 e. The topological polar surface area (TPSA) is 73.0 Å². The van der Waals surface area contributed by atoms with Gasteiger partial charge in [0.1, 0.15) is 5.82 Å². The zero-order chi connectivity index (χ0) is 21.0. The van der Waals surface area contributed by atoms with E-state index < -0.39 is 11.7 Å². The molecular weight excluding hydrogens is 375 g/mol. The first kappa shape index (κ1) is 21.2. The van der Waals surface area contributed by atoms with Gasteiger partial charge in [-0.2, -0.15) is 0 Å². The van der Waals surface area contributed by atoms with E-state index in [4.69, 9.17) is 0 Å². The summed E-state index contributed by atoms with van der Waals surface area (Å²) in [4.78, 5) is 42.3. The second kappa shape index (κ2) is 9.35. The fourth-order valence-corrected chi connectivity index (χ4v) is 3.84. The summed E-state index contributed by atoms with van der Waals surface area (Å²) in [6.45, 7) is 7.33. The van der Waals surface area contributed by atoms with Crippen LogP contribution in [-0.2, 0) is 14.4 Å². The van der Waals surface area contributed by atoms with Gasteiger partial charge in [0, 0.05) is 45.7 Å². The van der Waals surface area contributed by atoms with Crippen molar-refractivity contribution < 1.29 is 18.8 Å². The molecule has 1 unspecified atom stereocenters. The van der Waals surface area contributed by atoms with Crippen LogP contribution in [0.25, 0.3) is 0 Å². The molecular formula is C21H29FN4O3. The predicted molar refractivity (Wildman–Crippen MR) is 108 cm³/mol. The first-order valence-corrected chi connectivity index (χ1v) is 10.2. The zero-order valence-electron chi connectivity index (χ0n) is 17.1. The fourth-order valence-electron chi connectivity index (χ4n) is 3.84. The maximum atomic E-state index is 14.3. The lowest BCUT2D eigenvalue weighted by Gasteiger charge is -2.35. The minimum absolute atomic E-state index is 0.00350. The van der Waals surface area contributed by atoms with E-state index in [1.54, 1.807) is 24.0 Å². The molecule has 0 bridgehead atoms. The van der Waals surface area contributed by atoms with Crippen LogP contribution in [0.2, 0.25) is 0 Å². The van der Waals surface area contributed by atoms with E-state index in [1.165, 1.54) is 11.0 Å². The number of carbonyl (C=O) groups is 3. The standard InChI is InChI=1S/C21H29FN4O3/c1-3-6-23-19(27)14-24-7-9-25(10-8-24)21(29)16-12-20(28)26(13-16)18-5-4-15(2)11-17(18)22/h4-5,11,16H,3,6-10,12-14H2,1-2H3,(H,23,27). The van der Waals surface area contributed by atoms with Crippen LogP contribution < -0.4 is 10.2 Å². The molecule has 2 fully saturated rings. The van der Waals surface area contributed by atoms with Gasteiger partial charge in [0.15, 0.2) is 0 Å². The number of hydrogen-bond acceptors (Lipinski definition) is 4. The molecule has 2 aliphatic heterocycles. The van der Waals surface area contributed by atoms with E-state index in [0.29, 0.717) is 39.3 Å². The molecule has 8 heteroatoms. The first-order chi connectivity index (χ1) is 13.9. The van der Waals surface area contributed by atoms with Gasteiger partial charge in [-0.15, -0.1) is 0 Å². The van der Waals surface area contributed by atoms with Gasteiger partial charge in [-0.05, 0) is 31.0 Å². The van der Waals surface area contributed by atoms with Gasteiger partial charge in [0.2, 0.25) is 17.7 Å². The molecule has 29 heavy (non-hydrogen) atoms. The molecule has 0 saturated carbocycles. The van der Waals surface area contributed by atoms with Crippen LogP contribution in [-0.4, -0.2) is 73.3 Å². The number of nitrogens with one attached hydrogen (secondary N) is 1. The molecule has 1 atom stereocenters. The lowest BCUT2D eigenvalue weighted by atomic mass is 10.1. The number of nitrogens with zero attached hydrogens (tertiary/aromatic N) is 3. The third-order valence-electron chi connectivity index (χ3n) is 5.49. The summed E-state index contributed by atoms with van der Waals surface area (Å²) in [6, 6.07) is 4.75. The molecule has 3 amide bonds. The molecule has 7 nitrogen and oxygen atoms in total. The van der Waals surface area contributed by atoms with E-state index in [9.17, 15) is 18.8 Å². The van der Waals surface area contributed by atoms with Crippen LogP contribution >= 0.6 is 0 Å². The molecule has 2 saturated heterocycles. The number of piperazine rings is 1. The Kier molecular flexibility index (Phi) is 6.84. The van der Waals surface area contributed by atoms with Crippen molar-refractivity contribution in [2.24, 2.45) is 5.92 Å². The van der Waals surface area contributed by atoms with Gasteiger partial charge in [0.25, 0.3) is 0 Å². The molecule has 3 rings (SSSR count). The highest BCUT2D eigenvalue weighted by Crippen LogP contribution is 2.29. The zero-order valence-corrected chi connectivity index (χ0v) is 17.1. The van der Waals surface area contributed by atoms with Crippen molar-refractivity contribution in [2.45, 2.75) is 26.7 Å². The summed E-state index contributed by atoms with van der Waals surface area (Å²) in [5.41, 5.74) is 1.02. The van der Waals surface area contributed by atoms with E-state index in [-0.39, 0.29) is 36.4 Å². The van der Waals surface area contributed by atoms with Crippen molar-refractivity contribution in [3.8, 4) is 0 Å². The average molecular weight is 404 g/mol. The van der Waals surface area contributed by atoms with Crippen LogP contribution in [0, 0.1) is 18.7 Å². The summed E-state index contributed by atoms with van der Waals surface area (Å²) in [6.07, 6.45) is 1.00. The van der Waals surface area contributed by atoms with Crippen LogP contribution in [0.15, 0.2) is 18.2 Å². The number of carbonyl (C=O) groups excluding carboxylic acids is 3. The minimum Gasteiger partial charge on any atom is -0.355 e. The number of halogens is 1. The summed E-state index contributed by atoms with van der Waals surface area (Å²) < 4.78 is 14.3. The molecule has 158 valence electrons.